The van der Waals surface area contributed by atoms with E-state index in [1.807, 2.05) is 0 Å². The molecule has 2 saturated heterocycles. The molecule has 1 amide bonds. The van der Waals surface area contributed by atoms with Crippen LogP contribution in [0.25, 0.3) is 0 Å². The van der Waals surface area contributed by atoms with Crippen molar-refractivity contribution in [3.8, 4) is 0 Å². The first-order valence-electron chi connectivity index (χ1n) is 9.00. The predicted molar refractivity (Wildman–Crippen MR) is 93.8 cm³/mol. The summed E-state index contributed by atoms with van der Waals surface area (Å²) in [5.41, 5.74) is 0.388. The molecule has 3 rings (SSSR count). The van der Waals surface area contributed by atoms with Crippen molar-refractivity contribution < 1.29 is 14.3 Å². The van der Waals surface area contributed by atoms with Crippen LogP contribution in [0.2, 0.25) is 0 Å². The van der Waals surface area contributed by atoms with Gasteiger partial charge in [-0.25, -0.2) is 9.97 Å². The van der Waals surface area contributed by atoms with Gasteiger partial charge in [0.25, 0.3) is 5.91 Å². The molecule has 1 aromatic heterocycles. The number of ether oxygens (including phenoxy) is 2. The van der Waals surface area contributed by atoms with Gasteiger partial charge >= 0.3 is 0 Å². The molecule has 138 valence electrons. The fourth-order valence-corrected chi connectivity index (χ4v) is 3.04. The van der Waals surface area contributed by atoms with Crippen LogP contribution in [0.5, 0.6) is 0 Å². The Labute approximate surface area is 148 Å². The number of nitrogens with one attached hydrogen (secondary N) is 2. The van der Waals surface area contributed by atoms with Crippen molar-refractivity contribution in [2.24, 2.45) is 0 Å². The maximum atomic E-state index is 12.3. The van der Waals surface area contributed by atoms with Crippen molar-refractivity contribution in [2.45, 2.75) is 25.9 Å². The molecule has 2 N–H and O–H groups in total. The Bertz CT molecular complexity index is 571. The Kier molecular flexibility index (Phi) is 6.55. The van der Waals surface area contributed by atoms with Crippen LogP contribution in [0.3, 0.4) is 0 Å². The number of anilines is 1. The standard InChI is InChI=1S/C17H27N5O3/c1-13-20-15(17(23)19-12-14-3-2-8-25-14)11-16(21-13)18-4-5-22-6-9-24-10-7-22/h11,14H,2-10,12H2,1H3,(H,19,23)(H,18,20,21). The number of hydrogen-bond donors (Lipinski definition) is 2. The molecule has 8 heteroatoms. The van der Waals surface area contributed by atoms with Crippen molar-refractivity contribution in [1.29, 1.82) is 0 Å². The molecule has 8 nitrogen and oxygen atoms in total. The summed E-state index contributed by atoms with van der Waals surface area (Å²) in [4.78, 5) is 23.3. The van der Waals surface area contributed by atoms with Gasteiger partial charge in [0.05, 0.1) is 19.3 Å². The lowest BCUT2D eigenvalue weighted by molar-refractivity contribution is 0.0398. The molecule has 3 heterocycles. The number of nitrogens with zero attached hydrogens (tertiary/aromatic N) is 3. The van der Waals surface area contributed by atoms with E-state index in [-0.39, 0.29) is 12.0 Å². The zero-order valence-electron chi connectivity index (χ0n) is 14.8. The van der Waals surface area contributed by atoms with Crippen LogP contribution in [0.15, 0.2) is 6.07 Å². The number of carbonyl (C=O) groups excluding carboxylic acids is 1. The van der Waals surface area contributed by atoms with Gasteiger partial charge in [-0.1, -0.05) is 0 Å². The normalized spacial score (nSPS) is 21.2. The van der Waals surface area contributed by atoms with Gasteiger partial charge < -0.3 is 20.1 Å². The average Bonchev–Trinajstić information content (AvgIpc) is 3.14. The van der Waals surface area contributed by atoms with Gasteiger partial charge in [-0.3, -0.25) is 9.69 Å². The van der Waals surface area contributed by atoms with E-state index in [4.69, 9.17) is 9.47 Å². The maximum Gasteiger partial charge on any atom is 0.270 e. The summed E-state index contributed by atoms with van der Waals surface area (Å²) < 4.78 is 10.9. The second kappa shape index (κ2) is 9.07. The van der Waals surface area contributed by atoms with Crippen molar-refractivity contribution in [3.63, 3.8) is 0 Å². The first-order chi connectivity index (χ1) is 12.2. The summed E-state index contributed by atoms with van der Waals surface area (Å²) >= 11 is 0. The summed E-state index contributed by atoms with van der Waals surface area (Å²) in [7, 11) is 0. The van der Waals surface area contributed by atoms with Crippen molar-refractivity contribution in [2.75, 3.05) is 57.9 Å². The van der Waals surface area contributed by atoms with Gasteiger partial charge in [0, 0.05) is 45.4 Å². The van der Waals surface area contributed by atoms with Gasteiger partial charge in [-0.05, 0) is 19.8 Å². The number of aromatic nitrogens is 2. The SMILES string of the molecule is Cc1nc(NCCN2CCOCC2)cc(C(=O)NCC2CCCO2)n1. The fourth-order valence-electron chi connectivity index (χ4n) is 3.04. The lowest BCUT2D eigenvalue weighted by Gasteiger charge is -2.26. The van der Waals surface area contributed by atoms with E-state index in [0.717, 1.165) is 58.8 Å². The van der Waals surface area contributed by atoms with Gasteiger partial charge in [0.2, 0.25) is 0 Å². The Balaban J connectivity index is 1.49. The molecule has 2 aliphatic heterocycles. The highest BCUT2D eigenvalue weighted by Crippen LogP contribution is 2.11. The second-order valence-electron chi connectivity index (χ2n) is 6.41. The van der Waals surface area contributed by atoms with Crippen LogP contribution in [-0.2, 0) is 9.47 Å². The molecule has 1 aromatic rings. The van der Waals surface area contributed by atoms with Gasteiger partial charge in [-0.15, -0.1) is 0 Å². The Morgan fingerprint density at radius 1 is 1.32 bits per heavy atom. The van der Waals surface area contributed by atoms with Crippen LogP contribution in [-0.4, -0.2) is 79.4 Å². The number of amides is 1. The summed E-state index contributed by atoms with van der Waals surface area (Å²) in [5.74, 6) is 1.08. The monoisotopic (exact) mass is 349 g/mol. The highest BCUT2D eigenvalue weighted by molar-refractivity contribution is 5.92. The molecule has 0 aromatic carbocycles. The third-order valence-electron chi connectivity index (χ3n) is 4.42. The number of hydrogen-bond acceptors (Lipinski definition) is 7. The molecule has 1 atom stereocenters. The van der Waals surface area contributed by atoms with Gasteiger partial charge in [0.1, 0.15) is 17.3 Å². The minimum atomic E-state index is -0.183. The Morgan fingerprint density at radius 2 is 2.16 bits per heavy atom. The van der Waals surface area contributed by atoms with Crippen molar-refractivity contribution >= 4 is 11.7 Å². The van der Waals surface area contributed by atoms with Crippen LogP contribution >= 0.6 is 0 Å². The van der Waals surface area contributed by atoms with Gasteiger partial charge in [0.15, 0.2) is 0 Å². The van der Waals surface area contributed by atoms with E-state index in [1.165, 1.54) is 0 Å². The molecule has 0 radical (unpaired) electrons. The number of rotatable bonds is 7. The minimum absolute atomic E-state index is 0.123. The highest BCUT2D eigenvalue weighted by atomic mass is 16.5. The van der Waals surface area contributed by atoms with E-state index in [2.05, 4.69) is 25.5 Å². The van der Waals surface area contributed by atoms with Crippen LogP contribution in [0.1, 0.15) is 29.2 Å². The summed E-state index contributed by atoms with van der Waals surface area (Å²) in [6.07, 6.45) is 2.18. The fraction of sp³-hybridized carbons (Fsp3) is 0.706. The first kappa shape index (κ1) is 18.0. The molecule has 2 fully saturated rings. The molecule has 2 aliphatic rings. The topological polar surface area (TPSA) is 88.6 Å². The first-order valence-corrected chi connectivity index (χ1v) is 9.00. The molecule has 0 aliphatic carbocycles. The zero-order chi connectivity index (χ0) is 17.5. The van der Waals surface area contributed by atoms with E-state index in [0.29, 0.717) is 23.9 Å². The molecule has 25 heavy (non-hydrogen) atoms. The van der Waals surface area contributed by atoms with E-state index >= 15 is 0 Å². The third kappa shape index (κ3) is 5.62. The summed E-state index contributed by atoms with van der Waals surface area (Å²) in [5, 5.41) is 6.19. The largest absolute Gasteiger partial charge is 0.379 e. The third-order valence-corrected chi connectivity index (χ3v) is 4.42. The lowest BCUT2D eigenvalue weighted by atomic mass is 10.2. The smallest absolute Gasteiger partial charge is 0.270 e. The van der Waals surface area contributed by atoms with E-state index < -0.39 is 0 Å². The lowest BCUT2D eigenvalue weighted by Crippen LogP contribution is -2.39. The van der Waals surface area contributed by atoms with E-state index in [1.54, 1.807) is 13.0 Å². The average molecular weight is 349 g/mol. The van der Waals surface area contributed by atoms with Crippen LogP contribution < -0.4 is 10.6 Å². The zero-order valence-corrected chi connectivity index (χ0v) is 14.8. The number of morpholine rings is 1. The molecule has 1 unspecified atom stereocenters. The summed E-state index contributed by atoms with van der Waals surface area (Å²) in [6, 6.07) is 1.71. The predicted octanol–water partition coefficient (Wildman–Crippen LogP) is 0.438. The van der Waals surface area contributed by atoms with Crippen LogP contribution in [0.4, 0.5) is 5.82 Å². The number of aryl methyl sites for hydroxylation is 1. The van der Waals surface area contributed by atoms with E-state index in [9.17, 15) is 4.79 Å². The quantitative estimate of drug-likeness (QED) is 0.738. The molecule has 0 saturated carbocycles. The maximum absolute atomic E-state index is 12.3. The Hall–Kier alpha value is -1.77. The van der Waals surface area contributed by atoms with Crippen LogP contribution in [0, 0.1) is 6.92 Å². The summed E-state index contributed by atoms with van der Waals surface area (Å²) in [6.45, 7) is 8.31. The molecule has 0 bridgehead atoms. The van der Waals surface area contributed by atoms with Crippen molar-refractivity contribution in [1.82, 2.24) is 20.2 Å². The highest BCUT2D eigenvalue weighted by Gasteiger charge is 2.18. The van der Waals surface area contributed by atoms with Gasteiger partial charge in [-0.2, -0.15) is 0 Å². The second-order valence-corrected chi connectivity index (χ2v) is 6.41. The Morgan fingerprint density at radius 3 is 2.92 bits per heavy atom. The molecular formula is C17H27N5O3. The molecule has 0 spiro atoms. The molecular weight excluding hydrogens is 322 g/mol. The van der Waals surface area contributed by atoms with Crippen molar-refractivity contribution in [3.05, 3.63) is 17.6 Å². The minimum Gasteiger partial charge on any atom is -0.379 e. The number of carbonyl (C=O) groups is 1.